The molecule has 9 rings (SSSR count). The Morgan fingerprint density at radius 3 is 2.10 bits per heavy atom. The highest BCUT2D eigenvalue weighted by atomic mass is 16.3. The molecule has 0 saturated carbocycles. The molecule has 0 aliphatic rings. The van der Waals surface area contributed by atoms with Crippen LogP contribution in [0, 0.1) is 6.92 Å². The van der Waals surface area contributed by atoms with E-state index in [2.05, 4.69) is 154 Å². The Morgan fingerprint density at radius 1 is 0.615 bits per heavy atom. The first-order valence-electron chi connectivity index (χ1n) is 18.3. The van der Waals surface area contributed by atoms with Crippen molar-refractivity contribution in [3.8, 4) is 33.8 Å². The Balaban J connectivity index is 1.23. The number of para-hydroxylation sites is 2. The zero-order valence-corrected chi connectivity index (χ0v) is 30.3. The van der Waals surface area contributed by atoms with Gasteiger partial charge in [-0.05, 0) is 99.3 Å². The van der Waals surface area contributed by atoms with Gasteiger partial charge in [0.25, 0.3) is 0 Å². The number of hydrogen-bond donors (Lipinski definition) is 0. The Kier molecular flexibility index (Phi) is 7.77. The predicted molar refractivity (Wildman–Crippen MR) is 217 cm³/mol. The molecular formula is C48H41N3O. The van der Waals surface area contributed by atoms with Crippen LogP contribution in [-0.2, 0) is 6.54 Å². The Hall–Kier alpha value is -6.00. The first-order valence-corrected chi connectivity index (χ1v) is 18.3. The number of benzene rings is 6. The van der Waals surface area contributed by atoms with Crippen molar-refractivity contribution in [2.75, 3.05) is 0 Å². The number of aryl methyl sites for hydroxylation is 1. The molecular weight excluding hydrogens is 635 g/mol. The first kappa shape index (κ1) is 31.9. The number of furan rings is 1. The van der Waals surface area contributed by atoms with Gasteiger partial charge < -0.3 is 8.98 Å². The number of imidazole rings is 1. The number of rotatable bonds is 7. The molecule has 0 radical (unpaired) electrons. The van der Waals surface area contributed by atoms with E-state index in [4.69, 9.17) is 14.4 Å². The van der Waals surface area contributed by atoms with Crippen molar-refractivity contribution in [3.05, 3.63) is 156 Å². The maximum Gasteiger partial charge on any atom is 0.227 e. The van der Waals surface area contributed by atoms with Gasteiger partial charge in [0.2, 0.25) is 5.71 Å². The van der Waals surface area contributed by atoms with Crippen molar-refractivity contribution < 1.29 is 4.42 Å². The first-order chi connectivity index (χ1) is 25.3. The predicted octanol–water partition coefficient (Wildman–Crippen LogP) is 13.1. The normalized spacial score (nSPS) is 12.0. The number of hydrogen-bond acceptors (Lipinski definition) is 3. The van der Waals surface area contributed by atoms with Crippen molar-refractivity contribution in [3.63, 3.8) is 0 Å². The third kappa shape index (κ3) is 5.38. The van der Waals surface area contributed by atoms with E-state index in [1.807, 2.05) is 18.2 Å². The van der Waals surface area contributed by atoms with Crippen molar-refractivity contribution in [2.24, 2.45) is 0 Å². The molecule has 0 aliphatic carbocycles. The lowest BCUT2D eigenvalue weighted by Crippen LogP contribution is -2.11. The third-order valence-electron chi connectivity index (χ3n) is 10.6. The van der Waals surface area contributed by atoms with Gasteiger partial charge in [-0.3, -0.25) is 0 Å². The van der Waals surface area contributed by atoms with Gasteiger partial charge >= 0.3 is 0 Å². The second kappa shape index (κ2) is 12.6. The van der Waals surface area contributed by atoms with E-state index in [1.165, 1.54) is 38.6 Å². The minimum absolute atomic E-state index is 0.331. The second-order valence-electron chi connectivity index (χ2n) is 14.7. The quantitative estimate of drug-likeness (QED) is 0.169. The fourth-order valence-electron chi connectivity index (χ4n) is 7.94. The molecule has 0 unspecified atom stereocenters. The minimum Gasteiger partial charge on any atom is -0.437 e. The van der Waals surface area contributed by atoms with E-state index in [0.29, 0.717) is 24.1 Å². The van der Waals surface area contributed by atoms with Crippen LogP contribution in [0.3, 0.4) is 0 Å². The van der Waals surface area contributed by atoms with Gasteiger partial charge in [-0.2, -0.15) is 0 Å². The zero-order chi connectivity index (χ0) is 35.5. The van der Waals surface area contributed by atoms with E-state index in [9.17, 15) is 0 Å². The van der Waals surface area contributed by atoms with Gasteiger partial charge in [-0.25, -0.2) is 9.97 Å². The van der Waals surface area contributed by atoms with Crippen LogP contribution < -0.4 is 0 Å². The molecule has 0 fully saturated rings. The molecule has 4 nitrogen and oxygen atoms in total. The molecule has 0 amide bonds. The third-order valence-corrected chi connectivity index (χ3v) is 10.6. The fraction of sp³-hybridized carbons (Fsp3) is 0.167. The van der Waals surface area contributed by atoms with Crippen LogP contribution in [0.1, 0.15) is 61.8 Å². The molecule has 4 heteroatoms. The van der Waals surface area contributed by atoms with Gasteiger partial charge in [0.05, 0.1) is 28.8 Å². The lowest BCUT2D eigenvalue weighted by molar-refractivity contribution is 0.654. The largest absolute Gasteiger partial charge is 0.437 e. The van der Waals surface area contributed by atoms with Crippen LogP contribution in [0.4, 0.5) is 0 Å². The van der Waals surface area contributed by atoms with E-state index in [1.54, 1.807) is 0 Å². The van der Waals surface area contributed by atoms with Crippen LogP contribution in [0.5, 0.6) is 0 Å². The SMILES string of the molecule is Cc1ccc(-c2nc3ccccc3n2Cc2c(C(C)C)cc(-c3ccc4ccccc4c3)cc2C(C)C)c2oc3nc(-c4ccccc4)ccc3c12. The summed E-state index contributed by atoms with van der Waals surface area (Å²) in [7, 11) is 0. The Morgan fingerprint density at radius 2 is 1.33 bits per heavy atom. The highest BCUT2D eigenvalue weighted by molar-refractivity contribution is 6.10. The molecule has 3 heterocycles. The van der Waals surface area contributed by atoms with Gasteiger partial charge in [-0.15, -0.1) is 0 Å². The molecule has 0 saturated heterocycles. The van der Waals surface area contributed by atoms with Crippen molar-refractivity contribution in [1.29, 1.82) is 0 Å². The minimum atomic E-state index is 0.331. The summed E-state index contributed by atoms with van der Waals surface area (Å²) >= 11 is 0. The molecule has 52 heavy (non-hydrogen) atoms. The van der Waals surface area contributed by atoms with Crippen LogP contribution in [0.2, 0.25) is 0 Å². The topological polar surface area (TPSA) is 43.9 Å². The molecule has 0 N–H and O–H groups in total. The summed E-state index contributed by atoms with van der Waals surface area (Å²) in [6, 6.07) is 47.7. The van der Waals surface area contributed by atoms with E-state index in [-0.39, 0.29) is 0 Å². The zero-order valence-electron chi connectivity index (χ0n) is 30.3. The summed E-state index contributed by atoms with van der Waals surface area (Å²) in [6.07, 6.45) is 0. The van der Waals surface area contributed by atoms with E-state index in [0.717, 1.165) is 55.6 Å². The highest BCUT2D eigenvalue weighted by Crippen LogP contribution is 2.41. The lowest BCUT2D eigenvalue weighted by Gasteiger charge is -2.23. The van der Waals surface area contributed by atoms with Crippen LogP contribution >= 0.6 is 0 Å². The average molecular weight is 676 g/mol. The number of fused-ring (bicyclic) bond motifs is 5. The summed E-state index contributed by atoms with van der Waals surface area (Å²) in [5.74, 6) is 1.56. The highest BCUT2D eigenvalue weighted by Gasteiger charge is 2.24. The summed E-state index contributed by atoms with van der Waals surface area (Å²) in [5.41, 5.74) is 14.2. The molecule has 3 aromatic heterocycles. The Bertz CT molecular complexity index is 2760. The fourth-order valence-corrected chi connectivity index (χ4v) is 7.94. The van der Waals surface area contributed by atoms with E-state index < -0.39 is 0 Å². The summed E-state index contributed by atoms with van der Waals surface area (Å²) in [4.78, 5) is 10.3. The maximum atomic E-state index is 6.74. The van der Waals surface area contributed by atoms with Crippen LogP contribution in [0.25, 0.3) is 77.6 Å². The summed E-state index contributed by atoms with van der Waals surface area (Å²) in [6.45, 7) is 12.1. The van der Waals surface area contributed by atoms with Gasteiger partial charge in [0.15, 0.2) is 0 Å². The maximum absolute atomic E-state index is 6.74. The number of nitrogens with zero attached hydrogens (tertiary/aromatic N) is 3. The van der Waals surface area contributed by atoms with E-state index >= 15 is 0 Å². The van der Waals surface area contributed by atoms with Crippen molar-refractivity contribution >= 4 is 43.9 Å². The standard InChI is InChI=1S/C48H41N3O/c1-29(2)39-26-36(35-21-20-32-13-9-10-16-34(32)25-35)27-40(30(3)4)41(39)28-51-44-18-12-11-17-43(44)49-47(51)38-22-19-31(5)45-37-23-24-42(33-14-7-6-8-15-33)50-48(37)52-46(38)45/h6-27,29-30H,28H2,1-5H3. The second-order valence-corrected chi connectivity index (χ2v) is 14.7. The molecule has 0 spiro atoms. The molecule has 0 bridgehead atoms. The lowest BCUT2D eigenvalue weighted by atomic mass is 9.85. The number of pyridine rings is 1. The van der Waals surface area contributed by atoms with Crippen molar-refractivity contribution in [1.82, 2.24) is 14.5 Å². The van der Waals surface area contributed by atoms with Gasteiger partial charge in [0.1, 0.15) is 11.4 Å². The smallest absolute Gasteiger partial charge is 0.227 e. The van der Waals surface area contributed by atoms with Crippen LogP contribution in [-0.4, -0.2) is 14.5 Å². The summed E-state index contributed by atoms with van der Waals surface area (Å²) < 4.78 is 9.14. The molecule has 0 aliphatic heterocycles. The monoisotopic (exact) mass is 675 g/mol. The number of aromatic nitrogens is 3. The Labute approximate surface area is 304 Å². The average Bonchev–Trinajstić information content (AvgIpc) is 3.74. The molecule has 254 valence electrons. The van der Waals surface area contributed by atoms with Gasteiger partial charge in [0, 0.05) is 16.3 Å². The van der Waals surface area contributed by atoms with Crippen molar-refractivity contribution in [2.45, 2.75) is 53.0 Å². The van der Waals surface area contributed by atoms with Gasteiger partial charge in [-0.1, -0.05) is 125 Å². The molecule has 6 aromatic carbocycles. The van der Waals surface area contributed by atoms with Crippen LogP contribution in [0.15, 0.2) is 138 Å². The summed E-state index contributed by atoms with van der Waals surface area (Å²) in [5, 5.41) is 4.63. The molecule has 0 atom stereocenters. The molecule has 9 aromatic rings.